The molecule has 170 valence electrons. The van der Waals surface area contributed by atoms with E-state index in [-0.39, 0.29) is 24.0 Å². The topological polar surface area (TPSA) is 40.1 Å². The zero-order valence-electron chi connectivity index (χ0n) is 19.3. The molecule has 1 aromatic carbocycles. The van der Waals surface area contributed by atoms with Gasteiger partial charge in [0, 0.05) is 52.9 Å². The Hall–Kier alpha value is -0.860. The monoisotopic (exact) mass is 528 g/mol. The van der Waals surface area contributed by atoms with Gasteiger partial charge in [-0.25, -0.2) is 0 Å². The van der Waals surface area contributed by atoms with E-state index < -0.39 is 0 Å². The van der Waals surface area contributed by atoms with Crippen LogP contribution in [0.4, 0.5) is 0 Å². The molecule has 2 saturated heterocycles. The summed E-state index contributed by atoms with van der Waals surface area (Å²) in [5.41, 5.74) is 2.82. The van der Waals surface area contributed by atoms with Crippen LogP contribution in [0.3, 0.4) is 0 Å². The number of aliphatic imine (C=N–C) groups is 1. The quantitative estimate of drug-likeness (QED) is 0.339. The van der Waals surface area contributed by atoms with E-state index >= 15 is 0 Å². The average molecular weight is 529 g/mol. The molecule has 0 aromatic heterocycles. The van der Waals surface area contributed by atoms with Gasteiger partial charge in [-0.1, -0.05) is 38.1 Å². The molecule has 2 aliphatic rings. The smallest absolute Gasteiger partial charge is 0.193 e. The van der Waals surface area contributed by atoms with Gasteiger partial charge in [0.15, 0.2) is 5.96 Å². The number of ether oxygens (including phenoxy) is 1. The van der Waals surface area contributed by atoms with Crippen LogP contribution in [-0.4, -0.2) is 61.7 Å². The summed E-state index contributed by atoms with van der Waals surface area (Å²) in [6.07, 6.45) is 3.92. The maximum absolute atomic E-state index is 5.79. The molecule has 5 nitrogen and oxygen atoms in total. The summed E-state index contributed by atoms with van der Waals surface area (Å²) < 4.78 is 5.79. The summed E-state index contributed by atoms with van der Waals surface area (Å²) in [7, 11) is 1.89. The van der Waals surface area contributed by atoms with Crippen LogP contribution in [0, 0.1) is 11.8 Å². The van der Waals surface area contributed by atoms with Crippen molar-refractivity contribution < 1.29 is 4.74 Å². The van der Waals surface area contributed by atoms with Crippen LogP contribution >= 0.6 is 24.0 Å². The van der Waals surface area contributed by atoms with Crippen molar-refractivity contribution >= 4 is 29.9 Å². The van der Waals surface area contributed by atoms with Gasteiger partial charge < -0.3 is 15.0 Å². The number of piperidine rings is 2. The SMILES string of the molecule is CCOC1CCN(C(=NC)NCc2ccccc2CN2CC(C)CC(C)C2)CC1.I. The molecule has 0 amide bonds. The van der Waals surface area contributed by atoms with Crippen LogP contribution in [-0.2, 0) is 17.8 Å². The Morgan fingerprint density at radius 3 is 2.33 bits per heavy atom. The summed E-state index contributed by atoms with van der Waals surface area (Å²) >= 11 is 0. The number of nitrogens with zero attached hydrogens (tertiary/aromatic N) is 3. The molecule has 2 unspecified atom stereocenters. The second-order valence-electron chi connectivity index (χ2n) is 8.95. The number of hydrogen-bond donors (Lipinski definition) is 1. The van der Waals surface area contributed by atoms with Gasteiger partial charge in [0.1, 0.15) is 0 Å². The Morgan fingerprint density at radius 2 is 1.73 bits per heavy atom. The van der Waals surface area contributed by atoms with E-state index in [2.05, 4.69) is 65.1 Å². The summed E-state index contributed by atoms with van der Waals surface area (Å²) in [4.78, 5) is 9.54. The van der Waals surface area contributed by atoms with Crippen LogP contribution in [0.1, 0.15) is 51.2 Å². The summed E-state index contributed by atoms with van der Waals surface area (Å²) in [6, 6.07) is 8.87. The summed E-state index contributed by atoms with van der Waals surface area (Å²) in [5, 5.41) is 3.61. The zero-order chi connectivity index (χ0) is 20.6. The highest BCUT2D eigenvalue weighted by Gasteiger charge is 2.23. The van der Waals surface area contributed by atoms with Crippen molar-refractivity contribution in [1.82, 2.24) is 15.1 Å². The lowest BCUT2D eigenvalue weighted by Gasteiger charge is -2.35. The van der Waals surface area contributed by atoms with Crippen molar-refractivity contribution in [2.45, 2.75) is 59.2 Å². The molecule has 30 heavy (non-hydrogen) atoms. The fourth-order valence-corrected chi connectivity index (χ4v) is 5.02. The lowest BCUT2D eigenvalue weighted by atomic mass is 9.91. The van der Waals surface area contributed by atoms with Crippen LogP contribution in [0.25, 0.3) is 0 Å². The zero-order valence-corrected chi connectivity index (χ0v) is 21.6. The number of likely N-dealkylation sites (tertiary alicyclic amines) is 2. The third-order valence-electron chi connectivity index (χ3n) is 6.25. The molecule has 0 spiro atoms. The summed E-state index contributed by atoms with van der Waals surface area (Å²) in [5.74, 6) is 2.60. The highest BCUT2D eigenvalue weighted by atomic mass is 127. The van der Waals surface area contributed by atoms with Gasteiger partial charge in [-0.15, -0.1) is 24.0 Å². The van der Waals surface area contributed by atoms with Crippen molar-refractivity contribution in [2.24, 2.45) is 16.8 Å². The lowest BCUT2D eigenvalue weighted by Crippen LogP contribution is -2.46. The minimum Gasteiger partial charge on any atom is -0.378 e. The first-order valence-corrected chi connectivity index (χ1v) is 11.4. The number of halogens is 1. The standard InChI is InChI=1S/C24H40N4O.HI/c1-5-29-23-10-12-28(13-11-23)24(25-4)26-15-21-8-6-7-9-22(21)18-27-16-19(2)14-20(3)17-27;/h6-9,19-20,23H,5,10-18H2,1-4H3,(H,25,26);1H. The van der Waals surface area contributed by atoms with Gasteiger partial charge >= 0.3 is 0 Å². The maximum atomic E-state index is 5.79. The van der Waals surface area contributed by atoms with Crippen LogP contribution in [0.15, 0.2) is 29.3 Å². The highest BCUT2D eigenvalue weighted by molar-refractivity contribution is 14.0. The molecule has 0 aliphatic carbocycles. The predicted molar refractivity (Wildman–Crippen MR) is 136 cm³/mol. The molecule has 6 heteroatoms. The Balaban J connectivity index is 0.00000320. The Kier molecular flexibility index (Phi) is 10.9. The fraction of sp³-hybridized carbons (Fsp3) is 0.708. The van der Waals surface area contributed by atoms with Gasteiger partial charge in [-0.2, -0.15) is 0 Å². The molecule has 2 aliphatic heterocycles. The van der Waals surface area contributed by atoms with Gasteiger partial charge in [-0.05, 0) is 49.1 Å². The van der Waals surface area contributed by atoms with E-state index in [0.717, 1.165) is 63.4 Å². The molecule has 0 radical (unpaired) electrons. The van der Waals surface area contributed by atoms with Gasteiger partial charge in [-0.3, -0.25) is 9.89 Å². The Morgan fingerprint density at radius 1 is 1.10 bits per heavy atom. The minimum atomic E-state index is 0. The number of guanidine groups is 1. The first-order valence-electron chi connectivity index (χ1n) is 11.4. The lowest BCUT2D eigenvalue weighted by molar-refractivity contribution is 0.0263. The molecule has 2 fully saturated rings. The van der Waals surface area contributed by atoms with Crippen LogP contribution in [0.5, 0.6) is 0 Å². The molecule has 2 heterocycles. The molecule has 1 N–H and O–H groups in total. The minimum absolute atomic E-state index is 0. The van der Waals surface area contributed by atoms with E-state index in [9.17, 15) is 0 Å². The van der Waals surface area contributed by atoms with E-state index in [1.54, 1.807) is 0 Å². The number of benzene rings is 1. The molecule has 0 saturated carbocycles. The van der Waals surface area contributed by atoms with E-state index in [0.29, 0.717) is 6.10 Å². The Labute approximate surface area is 200 Å². The first kappa shape index (κ1) is 25.4. The van der Waals surface area contributed by atoms with Crippen molar-refractivity contribution in [3.63, 3.8) is 0 Å². The average Bonchev–Trinajstić information content (AvgIpc) is 2.70. The third kappa shape index (κ3) is 7.38. The number of nitrogens with one attached hydrogen (secondary N) is 1. The van der Waals surface area contributed by atoms with Crippen molar-refractivity contribution in [3.05, 3.63) is 35.4 Å². The highest BCUT2D eigenvalue weighted by Crippen LogP contribution is 2.23. The second-order valence-corrected chi connectivity index (χ2v) is 8.95. The maximum Gasteiger partial charge on any atom is 0.193 e. The predicted octanol–water partition coefficient (Wildman–Crippen LogP) is 4.36. The van der Waals surface area contributed by atoms with Gasteiger partial charge in [0.2, 0.25) is 0 Å². The van der Waals surface area contributed by atoms with E-state index in [4.69, 9.17) is 4.74 Å². The normalized spacial score (nSPS) is 23.9. The molecular formula is C24H41IN4O. The molecule has 3 rings (SSSR count). The van der Waals surface area contributed by atoms with Gasteiger partial charge in [0.25, 0.3) is 0 Å². The largest absolute Gasteiger partial charge is 0.378 e. The van der Waals surface area contributed by atoms with E-state index in [1.165, 1.54) is 30.6 Å². The van der Waals surface area contributed by atoms with E-state index in [1.807, 2.05) is 7.05 Å². The molecular weight excluding hydrogens is 487 g/mol. The first-order chi connectivity index (χ1) is 14.1. The Bertz CT molecular complexity index is 650. The van der Waals surface area contributed by atoms with Crippen molar-refractivity contribution in [2.75, 3.05) is 39.8 Å². The molecule has 1 aromatic rings. The molecule has 2 atom stereocenters. The van der Waals surface area contributed by atoms with Crippen LogP contribution in [0.2, 0.25) is 0 Å². The third-order valence-corrected chi connectivity index (χ3v) is 6.25. The van der Waals surface area contributed by atoms with Crippen molar-refractivity contribution in [1.29, 1.82) is 0 Å². The van der Waals surface area contributed by atoms with Crippen LogP contribution < -0.4 is 5.32 Å². The fourth-order valence-electron chi connectivity index (χ4n) is 5.02. The van der Waals surface area contributed by atoms with Crippen molar-refractivity contribution in [3.8, 4) is 0 Å². The second kappa shape index (κ2) is 12.9. The number of rotatable bonds is 6. The van der Waals surface area contributed by atoms with Gasteiger partial charge in [0.05, 0.1) is 6.10 Å². The molecule has 0 bridgehead atoms. The summed E-state index contributed by atoms with van der Waals surface area (Å²) in [6.45, 7) is 14.0. The number of hydrogen-bond acceptors (Lipinski definition) is 3.